The Morgan fingerprint density at radius 1 is 1.30 bits per heavy atom. The van der Waals surface area contributed by atoms with Gasteiger partial charge in [-0.2, -0.15) is 0 Å². The minimum atomic E-state index is -0.329. The lowest BCUT2D eigenvalue weighted by molar-refractivity contribution is -0.133. The molecule has 9 heteroatoms. The number of aromatic nitrogens is 2. The number of piperidine rings is 1. The summed E-state index contributed by atoms with van der Waals surface area (Å²) in [6, 6.07) is 7.64. The van der Waals surface area contributed by atoms with Crippen molar-refractivity contribution in [1.29, 1.82) is 0 Å². The van der Waals surface area contributed by atoms with Crippen LogP contribution >= 0.6 is 23.1 Å². The third-order valence-corrected chi connectivity index (χ3v) is 8.17. The number of rotatable bonds is 7. The number of amides is 2. The Labute approximate surface area is 201 Å². The van der Waals surface area contributed by atoms with Crippen LogP contribution in [0.25, 0.3) is 10.2 Å². The summed E-state index contributed by atoms with van der Waals surface area (Å²) in [5.41, 5.74) is 2.56. The second kappa shape index (κ2) is 10.1. The van der Waals surface area contributed by atoms with Crippen molar-refractivity contribution >= 4 is 50.8 Å². The van der Waals surface area contributed by atoms with Crippen molar-refractivity contribution < 1.29 is 9.59 Å². The number of thioether (sulfide) groups is 1. The number of nitrogens with zero attached hydrogens (tertiary/aromatic N) is 2. The van der Waals surface area contributed by atoms with Crippen molar-refractivity contribution in [3.63, 3.8) is 0 Å². The van der Waals surface area contributed by atoms with Gasteiger partial charge in [0.25, 0.3) is 5.56 Å². The average molecular weight is 485 g/mol. The third kappa shape index (κ3) is 5.47. The quantitative estimate of drug-likeness (QED) is 0.519. The van der Waals surface area contributed by atoms with E-state index in [4.69, 9.17) is 0 Å². The van der Waals surface area contributed by atoms with E-state index in [2.05, 4.69) is 15.3 Å². The second-order valence-corrected chi connectivity index (χ2v) is 10.9. The number of nitrogens with one attached hydrogen (secondary N) is 2. The van der Waals surface area contributed by atoms with Gasteiger partial charge in [-0.25, -0.2) is 4.98 Å². The lowest BCUT2D eigenvalue weighted by Gasteiger charge is -2.27. The zero-order chi connectivity index (χ0) is 23.5. The molecule has 3 aromatic rings. The molecule has 0 bridgehead atoms. The topological polar surface area (TPSA) is 95.2 Å². The molecule has 1 aliphatic heterocycles. The predicted molar refractivity (Wildman–Crippen MR) is 135 cm³/mol. The molecule has 1 unspecified atom stereocenters. The Bertz CT molecular complexity index is 1250. The van der Waals surface area contributed by atoms with Crippen LogP contribution in [-0.2, 0) is 21.9 Å². The van der Waals surface area contributed by atoms with Gasteiger partial charge in [0.05, 0.1) is 16.4 Å². The molecule has 1 saturated heterocycles. The van der Waals surface area contributed by atoms with E-state index < -0.39 is 0 Å². The summed E-state index contributed by atoms with van der Waals surface area (Å²) < 4.78 is 0. The first-order valence-electron chi connectivity index (χ1n) is 11.1. The number of fused-ring (bicyclic) bond motifs is 1. The molecule has 4 rings (SSSR count). The number of hydrogen-bond donors (Lipinski definition) is 2. The summed E-state index contributed by atoms with van der Waals surface area (Å²) in [5.74, 6) is 1.09. The largest absolute Gasteiger partial charge is 0.338 e. The maximum Gasteiger partial charge on any atom is 0.259 e. The summed E-state index contributed by atoms with van der Waals surface area (Å²) in [6.45, 7) is 7.12. The fraction of sp³-hybridized carbons (Fsp3) is 0.417. The fourth-order valence-electron chi connectivity index (χ4n) is 3.89. The zero-order valence-electron chi connectivity index (χ0n) is 19.1. The van der Waals surface area contributed by atoms with Crippen LogP contribution < -0.4 is 10.9 Å². The molecule has 0 saturated carbocycles. The van der Waals surface area contributed by atoms with E-state index in [-0.39, 0.29) is 22.6 Å². The average Bonchev–Trinajstić information content (AvgIpc) is 3.07. The first-order chi connectivity index (χ1) is 15.8. The summed E-state index contributed by atoms with van der Waals surface area (Å²) in [6.07, 6.45) is 2.62. The molecule has 7 nitrogen and oxygen atoms in total. The number of aromatic amines is 1. The number of thiophene rings is 1. The molecule has 2 amide bonds. The molecule has 1 atom stereocenters. The zero-order valence-corrected chi connectivity index (χ0v) is 20.7. The molecule has 2 aromatic heterocycles. The van der Waals surface area contributed by atoms with Crippen LogP contribution in [0.1, 0.15) is 48.0 Å². The number of benzene rings is 1. The molecule has 1 aromatic carbocycles. The Morgan fingerprint density at radius 3 is 2.91 bits per heavy atom. The van der Waals surface area contributed by atoms with Crippen molar-refractivity contribution in [1.82, 2.24) is 14.9 Å². The van der Waals surface area contributed by atoms with Gasteiger partial charge in [-0.05, 0) is 56.9 Å². The molecule has 1 aliphatic rings. The van der Waals surface area contributed by atoms with E-state index in [9.17, 15) is 14.4 Å². The van der Waals surface area contributed by atoms with E-state index >= 15 is 0 Å². The Morgan fingerprint density at radius 2 is 2.12 bits per heavy atom. The molecular weight excluding hydrogens is 456 g/mol. The van der Waals surface area contributed by atoms with Crippen molar-refractivity contribution in [2.24, 2.45) is 0 Å². The van der Waals surface area contributed by atoms with Gasteiger partial charge in [-0.3, -0.25) is 14.4 Å². The number of hydrogen-bond acceptors (Lipinski definition) is 6. The highest BCUT2D eigenvalue weighted by Crippen LogP contribution is 2.27. The SMILES string of the molecule is Cc1sc2nc(CSC(C)C(=O)Nc3cccc(CN4CCCCC4=O)c3)[nH]c(=O)c2c1C. The Balaban J connectivity index is 1.35. The van der Waals surface area contributed by atoms with Crippen LogP contribution in [0.4, 0.5) is 5.69 Å². The van der Waals surface area contributed by atoms with Gasteiger partial charge >= 0.3 is 0 Å². The van der Waals surface area contributed by atoms with Gasteiger partial charge in [-0.15, -0.1) is 23.1 Å². The van der Waals surface area contributed by atoms with Gasteiger partial charge < -0.3 is 15.2 Å². The highest BCUT2D eigenvalue weighted by atomic mass is 32.2. The molecule has 3 heterocycles. The molecular formula is C24H28N4O3S2. The molecule has 33 heavy (non-hydrogen) atoms. The lowest BCUT2D eigenvalue weighted by atomic mass is 10.1. The van der Waals surface area contributed by atoms with Crippen LogP contribution in [0.2, 0.25) is 0 Å². The van der Waals surface area contributed by atoms with Crippen LogP contribution in [0, 0.1) is 13.8 Å². The molecule has 1 fully saturated rings. The fourth-order valence-corrected chi connectivity index (χ4v) is 5.69. The first kappa shape index (κ1) is 23.5. The van der Waals surface area contributed by atoms with Crippen LogP contribution in [-0.4, -0.2) is 38.5 Å². The van der Waals surface area contributed by atoms with Gasteiger partial charge in [0.15, 0.2) is 0 Å². The summed E-state index contributed by atoms with van der Waals surface area (Å²) in [7, 11) is 0. The van der Waals surface area contributed by atoms with Crippen molar-refractivity contribution in [2.75, 3.05) is 11.9 Å². The monoisotopic (exact) mass is 484 g/mol. The van der Waals surface area contributed by atoms with Gasteiger partial charge in [-0.1, -0.05) is 12.1 Å². The third-order valence-electron chi connectivity index (χ3n) is 5.92. The first-order valence-corrected chi connectivity index (χ1v) is 13.0. The maximum atomic E-state index is 12.7. The molecule has 2 N–H and O–H groups in total. The van der Waals surface area contributed by atoms with Gasteiger partial charge in [0.1, 0.15) is 10.7 Å². The molecule has 174 valence electrons. The minimum Gasteiger partial charge on any atom is -0.338 e. The summed E-state index contributed by atoms with van der Waals surface area (Å²) in [4.78, 5) is 48.4. The van der Waals surface area contributed by atoms with E-state index in [1.54, 1.807) is 0 Å². The number of anilines is 1. The standard InChI is InChI=1S/C24H28N4O3S2/c1-14-15(2)33-24-21(14)23(31)26-19(27-24)13-32-16(3)22(30)25-18-8-6-7-17(11-18)12-28-10-5-4-9-20(28)29/h6-8,11,16H,4-5,9-10,12-13H2,1-3H3,(H,25,30)(H,26,27,31). The number of H-pyrrole nitrogens is 1. The van der Waals surface area contributed by atoms with Crippen molar-refractivity contribution in [3.8, 4) is 0 Å². The number of carbonyl (C=O) groups is 2. The number of likely N-dealkylation sites (tertiary alicyclic amines) is 1. The molecule has 0 radical (unpaired) electrons. The highest BCUT2D eigenvalue weighted by molar-refractivity contribution is 7.99. The number of aryl methyl sites for hydroxylation is 2. The summed E-state index contributed by atoms with van der Waals surface area (Å²) >= 11 is 2.94. The smallest absolute Gasteiger partial charge is 0.259 e. The van der Waals surface area contributed by atoms with Crippen LogP contribution in [0.3, 0.4) is 0 Å². The van der Waals surface area contributed by atoms with E-state index in [0.29, 0.717) is 35.6 Å². The lowest BCUT2D eigenvalue weighted by Crippen LogP contribution is -2.34. The predicted octanol–water partition coefficient (Wildman–Crippen LogP) is 4.37. The maximum absolute atomic E-state index is 12.7. The van der Waals surface area contributed by atoms with Gasteiger partial charge in [0, 0.05) is 30.1 Å². The van der Waals surface area contributed by atoms with Crippen LogP contribution in [0.15, 0.2) is 29.1 Å². The minimum absolute atomic E-state index is 0.113. The van der Waals surface area contributed by atoms with E-state index in [1.165, 1.54) is 23.1 Å². The summed E-state index contributed by atoms with van der Waals surface area (Å²) in [5, 5.41) is 3.29. The Kier molecular flexibility index (Phi) is 7.19. The van der Waals surface area contributed by atoms with Crippen molar-refractivity contribution in [2.45, 2.75) is 57.6 Å². The number of carbonyl (C=O) groups excluding carboxylic acids is 2. The van der Waals surface area contributed by atoms with Crippen LogP contribution in [0.5, 0.6) is 0 Å². The molecule has 0 aliphatic carbocycles. The second-order valence-electron chi connectivity index (χ2n) is 8.39. The normalized spacial score (nSPS) is 15.1. The Hall–Kier alpha value is -2.65. The van der Waals surface area contributed by atoms with Crippen molar-refractivity contribution in [3.05, 3.63) is 56.4 Å². The van der Waals surface area contributed by atoms with Gasteiger partial charge in [0.2, 0.25) is 11.8 Å². The van der Waals surface area contributed by atoms with E-state index in [1.807, 2.05) is 49.9 Å². The molecule has 0 spiro atoms. The van der Waals surface area contributed by atoms with E-state index in [0.717, 1.165) is 40.2 Å². The highest BCUT2D eigenvalue weighted by Gasteiger charge is 2.19.